The molecule has 0 amide bonds. The van der Waals surface area contributed by atoms with E-state index in [2.05, 4.69) is 11.0 Å². The summed E-state index contributed by atoms with van der Waals surface area (Å²) in [6.45, 7) is 3.97. The molecule has 1 aromatic carbocycles. The number of nitrogens with zero attached hydrogens (tertiary/aromatic N) is 3. The lowest BCUT2D eigenvalue weighted by Gasteiger charge is -2.40. The fourth-order valence-corrected chi connectivity index (χ4v) is 2.75. The maximum Gasteiger partial charge on any atom is 0.415 e. The van der Waals surface area contributed by atoms with E-state index in [1.54, 1.807) is 17.0 Å². The van der Waals surface area contributed by atoms with Crippen molar-refractivity contribution in [3.63, 3.8) is 0 Å². The van der Waals surface area contributed by atoms with E-state index >= 15 is 0 Å². The Morgan fingerprint density at radius 3 is 2.48 bits per heavy atom. The van der Waals surface area contributed by atoms with E-state index in [4.69, 9.17) is 5.26 Å². The molecule has 4 nitrogen and oxygen atoms in total. The van der Waals surface area contributed by atoms with Crippen LogP contribution in [0.4, 0.5) is 13.2 Å². The summed E-state index contributed by atoms with van der Waals surface area (Å²) >= 11 is 0. The van der Waals surface area contributed by atoms with E-state index in [9.17, 15) is 18.3 Å². The molecule has 0 aromatic heterocycles. The van der Waals surface area contributed by atoms with Crippen molar-refractivity contribution in [2.75, 3.05) is 26.2 Å². The van der Waals surface area contributed by atoms with Gasteiger partial charge in [0.1, 0.15) is 0 Å². The summed E-state index contributed by atoms with van der Waals surface area (Å²) in [4.78, 5) is 3.84. The van der Waals surface area contributed by atoms with Crippen LogP contribution in [-0.4, -0.2) is 59.4 Å². The minimum atomic E-state index is -4.57. The summed E-state index contributed by atoms with van der Waals surface area (Å²) in [5.74, 6) is 0. The number of halogens is 3. The molecule has 2 atom stereocenters. The summed E-state index contributed by atoms with van der Waals surface area (Å²) in [6, 6.07) is 9.31. The Morgan fingerprint density at radius 1 is 1.30 bits per heavy atom. The largest absolute Gasteiger partial charge is 0.415 e. The van der Waals surface area contributed by atoms with Crippen molar-refractivity contribution in [2.45, 2.75) is 31.8 Å². The SMILES string of the molecule is C[C@@H]1CN(Cc2ccc(C#N)cc2)CCN1C[C@H](O)C(F)(F)F. The van der Waals surface area contributed by atoms with Crippen LogP contribution in [0.25, 0.3) is 0 Å². The summed E-state index contributed by atoms with van der Waals surface area (Å²) in [5.41, 5.74) is 1.67. The number of benzene rings is 1. The van der Waals surface area contributed by atoms with Gasteiger partial charge in [0.25, 0.3) is 0 Å². The van der Waals surface area contributed by atoms with Crippen molar-refractivity contribution in [1.82, 2.24) is 9.80 Å². The highest BCUT2D eigenvalue weighted by Gasteiger charge is 2.40. The molecule has 1 fully saturated rings. The van der Waals surface area contributed by atoms with E-state index in [-0.39, 0.29) is 12.6 Å². The van der Waals surface area contributed by atoms with Gasteiger partial charge < -0.3 is 5.11 Å². The van der Waals surface area contributed by atoms with Crippen molar-refractivity contribution in [3.8, 4) is 6.07 Å². The second-order valence-electron chi connectivity index (χ2n) is 5.95. The van der Waals surface area contributed by atoms with Crippen molar-refractivity contribution in [1.29, 1.82) is 5.26 Å². The quantitative estimate of drug-likeness (QED) is 0.919. The maximum absolute atomic E-state index is 12.4. The molecule has 2 rings (SSSR count). The topological polar surface area (TPSA) is 50.5 Å². The number of aliphatic hydroxyl groups excluding tert-OH is 1. The van der Waals surface area contributed by atoms with Crippen LogP contribution in [0.1, 0.15) is 18.1 Å². The molecule has 126 valence electrons. The smallest absolute Gasteiger partial charge is 0.382 e. The van der Waals surface area contributed by atoms with Crippen LogP contribution >= 0.6 is 0 Å². The first-order chi connectivity index (χ1) is 10.8. The highest BCUT2D eigenvalue weighted by molar-refractivity contribution is 5.31. The number of hydrogen-bond donors (Lipinski definition) is 1. The van der Waals surface area contributed by atoms with Crippen LogP contribution in [0.15, 0.2) is 24.3 Å². The van der Waals surface area contributed by atoms with Crippen LogP contribution in [0.5, 0.6) is 0 Å². The van der Waals surface area contributed by atoms with Gasteiger partial charge in [-0.25, -0.2) is 0 Å². The van der Waals surface area contributed by atoms with Gasteiger partial charge in [-0.3, -0.25) is 9.80 Å². The molecule has 1 saturated heterocycles. The van der Waals surface area contributed by atoms with E-state index < -0.39 is 12.3 Å². The van der Waals surface area contributed by atoms with Gasteiger partial charge in [0.15, 0.2) is 6.10 Å². The van der Waals surface area contributed by atoms with Crippen molar-refractivity contribution < 1.29 is 18.3 Å². The molecular formula is C16H20F3N3O. The third kappa shape index (κ3) is 4.93. The van der Waals surface area contributed by atoms with Gasteiger partial charge in [-0.2, -0.15) is 18.4 Å². The lowest BCUT2D eigenvalue weighted by molar-refractivity contribution is -0.210. The molecule has 1 heterocycles. The summed E-state index contributed by atoms with van der Waals surface area (Å²) < 4.78 is 37.3. The van der Waals surface area contributed by atoms with Gasteiger partial charge in [-0.05, 0) is 24.6 Å². The molecule has 7 heteroatoms. The predicted octanol–water partition coefficient (Wildman–Crippen LogP) is 1.99. The number of rotatable bonds is 4. The van der Waals surface area contributed by atoms with Crippen molar-refractivity contribution >= 4 is 0 Å². The average molecular weight is 327 g/mol. The Balaban J connectivity index is 1.87. The zero-order valence-electron chi connectivity index (χ0n) is 12.9. The van der Waals surface area contributed by atoms with E-state index in [1.165, 1.54) is 0 Å². The first kappa shape index (κ1) is 17.7. The summed E-state index contributed by atoms with van der Waals surface area (Å²) in [7, 11) is 0. The van der Waals surface area contributed by atoms with Crippen LogP contribution in [0.2, 0.25) is 0 Å². The molecule has 1 N–H and O–H groups in total. The number of aliphatic hydroxyl groups is 1. The van der Waals surface area contributed by atoms with Crippen LogP contribution in [-0.2, 0) is 6.54 Å². The van der Waals surface area contributed by atoms with E-state index in [0.717, 1.165) is 5.56 Å². The molecule has 1 aliphatic heterocycles. The molecule has 0 unspecified atom stereocenters. The predicted molar refractivity (Wildman–Crippen MR) is 79.5 cm³/mol. The summed E-state index contributed by atoms with van der Waals surface area (Å²) in [5, 5.41) is 18.0. The van der Waals surface area contributed by atoms with Gasteiger partial charge in [0, 0.05) is 38.8 Å². The Morgan fingerprint density at radius 2 is 1.96 bits per heavy atom. The molecule has 0 radical (unpaired) electrons. The third-order valence-electron chi connectivity index (χ3n) is 4.12. The molecule has 0 aliphatic carbocycles. The van der Waals surface area contributed by atoms with Crippen molar-refractivity contribution in [3.05, 3.63) is 35.4 Å². The van der Waals surface area contributed by atoms with Crippen LogP contribution in [0, 0.1) is 11.3 Å². The highest BCUT2D eigenvalue weighted by Crippen LogP contribution is 2.22. The standard InChI is InChI=1S/C16H20F3N3O/c1-12-9-21(10-14-4-2-13(8-20)3-5-14)6-7-22(12)11-15(23)16(17,18)19/h2-5,12,15,23H,6-7,9-11H2,1H3/t12-,15+/m1/s1. The fourth-order valence-electron chi connectivity index (χ4n) is 2.75. The number of hydrogen-bond acceptors (Lipinski definition) is 4. The Bertz CT molecular complexity index is 553. The molecular weight excluding hydrogens is 307 g/mol. The monoisotopic (exact) mass is 327 g/mol. The molecule has 1 aromatic rings. The van der Waals surface area contributed by atoms with Crippen LogP contribution in [0.3, 0.4) is 0 Å². The van der Waals surface area contributed by atoms with Gasteiger partial charge in [0.2, 0.25) is 0 Å². The normalized spacial score (nSPS) is 21.8. The van der Waals surface area contributed by atoms with E-state index in [1.807, 2.05) is 19.1 Å². The molecule has 1 aliphatic rings. The highest BCUT2D eigenvalue weighted by atomic mass is 19.4. The molecule has 23 heavy (non-hydrogen) atoms. The minimum Gasteiger partial charge on any atom is -0.382 e. The second-order valence-corrected chi connectivity index (χ2v) is 5.95. The molecule has 0 bridgehead atoms. The molecule has 0 saturated carbocycles. The number of alkyl halides is 3. The van der Waals surface area contributed by atoms with E-state index in [0.29, 0.717) is 31.7 Å². The zero-order chi connectivity index (χ0) is 17.0. The lowest BCUT2D eigenvalue weighted by atomic mass is 10.1. The Kier molecular flexibility index (Phi) is 5.63. The molecule has 0 spiro atoms. The number of β-amino-alcohol motifs (C(OH)–C–C–N with tert-alkyl or cyclic N) is 1. The Labute approximate surface area is 133 Å². The van der Waals surface area contributed by atoms with Gasteiger partial charge in [-0.1, -0.05) is 12.1 Å². The van der Waals surface area contributed by atoms with Gasteiger partial charge in [-0.15, -0.1) is 0 Å². The van der Waals surface area contributed by atoms with Gasteiger partial charge in [0.05, 0.1) is 11.6 Å². The maximum atomic E-state index is 12.4. The Hall–Kier alpha value is -1.62. The van der Waals surface area contributed by atoms with Gasteiger partial charge >= 0.3 is 6.18 Å². The first-order valence-corrected chi connectivity index (χ1v) is 7.50. The summed E-state index contributed by atoms with van der Waals surface area (Å²) in [6.07, 6.45) is -6.87. The van der Waals surface area contributed by atoms with Crippen LogP contribution < -0.4 is 0 Å². The second kappa shape index (κ2) is 7.30. The fraction of sp³-hybridized carbons (Fsp3) is 0.562. The average Bonchev–Trinajstić information content (AvgIpc) is 2.49. The number of piperazine rings is 1. The third-order valence-corrected chi connectivity index (χ3v) is 4.12. The number of nitriles is 1. The minimum absolute atomic E-state index is 0.0564. The lowest BCUT2D eigenvalue weighted by Crippen LogP contribution is -2.54. The zero-order valence-corrected chi connectivity index (χ0v) is 12.9. The van der Waals surface area contributed by atoms with Crippen molar-refractivity contribution in [2.24, 2.45) is 0 Å². The first-order valence-electron chi connectivity index (χ1n) is 7.50.